The van der Waals surface area contributed by atoms with Crippen molar-refractivity contribution < 1.29 is 45.8 Å². The Hall–Kier alpha value is -4.84. The highest BCUT2D eigenvalue weighted by Gasteiger charge is 2.39. The van der Waals surface area contributed by atoms with Gasteiger partial charge in [-0.05, 0) is 75.0 Å². The van der Waals surface area contributed by atoms with Gasteiger partial charge in [-0.25, -0.2) is 19.8 Å². The van der Waals surface area contributed by atoms with Gasteiger partial charge in [0.15, 0.2) is 12.0 Å². The summed E-state index contributed by atoms with van der Waals surface area (Å²) in [5.74, 6) is -3.30. The maximum absolute atomic E-state index is 14.0. The number of carbonyl (C=O) groups excluding carboxylic acids is 2. The number of aliphatic imine (C=N–C) groups is 1. The summed E-state index contributed by atoms with van der Waals surface area (Å²) in [7, 11) is 0. The van der Waals surface area contributed by atoms with E-state index in [0.717, 1.165) is 18.6 Å². The minimum Gasteiger partial charge on any atom is -0.480 e. The second kappa shape index (κ2) is 17.6. The molecule has 0 aliphatic carbocycles. The summed E-state index contributed by atoms with van der Waals surface area (Å²) in [6.45, 7) is 1.70. The maximum Gasteiger partial charge on any atom is 0.451 e. The molecule has 2 aliphatic rings. The van der Waals surface area contributed by atoms with Crippen molar-refractivity contribution in [2.75, 3.05) is 42.5 Å². The second-order valence-corrected chi connectivity index (χ2v) is 12.9. The fourth-order valence-electron chi connectivity index (χ4n) is 6.33. The van der Waals surface area contributed by atoms with Crippen LogP contribution in [0, 0.1) is 5.92 Å². The number of hydrogen-bond acceptors (Lipinski definition) is 8. The lowest BCUT2D eigenvalue weighted by atomic mass is 9.92. The fraction of sp³-hybridized carbons (Fsp3) is 0.576. The van der Waals surface area contributed by atoms with Crippen molar-refractivity contribution >= 4 is 35.4 Å². The maximum atomic E-state index is 14.0. The van der Waals surface area contributed by atoms with Gasteiger partial charge in [0, 0.05) is 45.2 Å². The first-order valence-corrected chi connectivity index (χ1v) is 17.0. The Kier molecular flexibility index (Phi) is 13.5. The van der Waals surface area contributed by atoms with E-state index in [4.69, 9.17) is 16.6 Å². The number of halogens is 6. The van der Waals surface area contributed by atoms with Crippen molar-refractivity contribution in [3.63, 3.8) is 0 Å². The Labute approximate surface area is 296 Å². The molecule has 1 aromatic heterocycles. The van der Waals surface area contributed by atoms with E-state index in [2.05, 4.69) is 25.6 Å². The van der Waals surface area contributed by atoms with Gasteiger partial charge < -0.3 is 37.0 Å². The lowest BCUT2D eigenvalue weighted by Crippen LogP contribution is -2.44. The number of amides is 2. The molecule has 3 heterocycles. The van der Waals surface area contributed by atoms with E-state index in [9.17, 15) is 40.7 Å². The molecular weight excluding hydrogens is 700 g/mol. The molecule has 0 spiro atoms. The quantitative estimate of drug-likeness (QED) is 0.0782. The molecule has 2 amide bonds. The number of benzene rings is 1. The number of aliphatic carboxylic acids is 1. The Morgan fingerprint density at radius 2 is 1.60 bits per heavy atom. The van der Waals surface area contributed by atoms with Crippen LogP contribution in [0.2, 0.25) is 0 Å². The highest BCUT2D eigenvalue weighted by Crippen LogP contribution is 2.34. The topological polar surface area (TPSA) is 192 Å². The first-order chi connectivity index (χ1) is 24.5. The summed E-state index contributed by atoms with van der Waals surface area (Å²) >= 11 is 0. The van der Waals surface area contributed by atoms with E-state index < -0.39 is 47.7 Å². The minimum atomic E-state index is -4.83. The SMILES string of the molecule is NC(N)=NC(CCC(=O)NCCCC1CCN(c2cc(N3CCCC3C(=O)NCCc3ccc(C(F)(F)F)cc3)nc(C(F)(F)F)n2)CC1)C(=O)O. The van der Waals surface area contributed by atoms with E-state index in [1.807, 2.05) is 0 Å². The predicted octanol–water partition coefficient (Wildman–Crippen LogP) is 3.46. The van der Waals surface area contributed by atoms with E-state index in [1.54, 1.807) is 4.90 Å². The molecule has 1 aromatic carbocycles. The van der Waals surface area contributed by atoms with Gasteiger partial charge in [-0.3, -0.25) is 9.59 Å². The number of carbonyl (C=O) groups is 3. The van der Waals surface area contributed by atoms with Crippen LogP contribution in [0.1, 0.15) is 68.3 Å². The molecule has 286 valence electrons. The molecule has 2 unspecified atom stereocenters. The molecule has 2 fully saturated rings. The number of piperidine rings is 1. The average Bonchev–Trinajstić information content (AvgIpc) is 3.58. The smallest absolute Gasteiger partial charge is 0.451 e. The lowest BCUT2D eigenvalue weighted by Gasteiger charge is -2.34. The average molecular weight is 744 g/mol. The van der Waals surface area contributed by atoms with Gasteiger partial charge >= 0.3 is 18.3 Å². The monoisotopic (exact) mass is 743 g/mol. The van der Waals surface area contributed by atoms with Crippen LogP contribution in [0.3, 0.4) is 0 Å². The van der Waals surface area contributed by atoms with Crippen LogP contribution in [0.4, 0.5) is 38.0 Å². The van der Waals surface area contributed by atoms with Crippen molar-refractivity contribution in [2.24, 2.45) is 22.4 Å². The number of nitrogens with zero attached hydrogens (tertiary/aromatic N) is 5. The fourth-order valence-corrected chi connectivity index (χ4v) is 6.33. The molecule has 52 heavy (non-hydrogen) atoms. The molecule has 2 saturated heterocycles. The van der Waals surface area contributed by atoms with Crippen LogP contribution in [0.25, 0.3) is 0 Å². The number of hydrogen-bond donors (Lipinski definition) is 5. The van der Waals surface area contributed by atoms with Crippen LogP contribution in [0.15, 0.2) is 35.3 Å². The Balaban J connectivity index is 1.29. The highest BCUT2D eigenvalue weighted by atomic mass is 19.4. The standard InChI is InChI=1S/C33H43F6N9O4/c34-32(35,36)22-7-5-21(6-8-22)11-15-43-28(50)24-4-2-16-48(24)26-19-25(45-30(46-26)33(37,38)39)47-17-12-20(13-18-47)3-1-14-42-27(49)10-9-23(29(51)52)44-31(40)41/h5-8,19-20,23-24H,1-4,9-18H2,(H,42,49)(H,43,50)(H,51,52)(H4,40,41,44). The van der Waals surface area contributed by atoms with E-state index in [0.29, 0.717) is 63.8 Å². The summed E-state index contributed by atoms with van der Waals surface area (Å²) in [6, 6.07) is 4.09. The van der Waals surface area contributed by atoms with Crippen LogP contribution < -0.4 is 31.9 Å². The molecule has 0 radical (unpaired) electrons. The first-order valence-electron chi connectivity index (χ1n) is 17.0. The van der Waals surface area contributed by atoms with Gasteiger partial charge in [0.05, 0.1) is 5.56 Å². The molecule has 0 saturated carbocycles. The first kappa shape index (κ1) is 39.9. The molecule has 2 atom stereocenters. The Morgan fingerprint density at radius 1 is 0.923 bits per heavy atom. The third-order valence-electron chi connectivity index (χ3n) is 9.08. The number of carboxylic acids is 1. The summed E-state index contributed by atoms with van der Waals surface area (Å²) in [4.78, 5) is 51.0. The van der Waals surface area contributed by atoms with E-state index in [1.165, 1.54) is 23.1 Å². The number of aromatic nitrogens is 2. The summed E-state index contributed by atoms with van der Waals surface area (Å²) in [6.07, 6.45) is -5.41. The molecule has 19 heteroatoms. The van der Waals surface area contributed by atoms with Crippen LogP contribution in [-0.2, 0) is 33.2 Å². The van der Waals surface area contributed by atoms with E-state index in [-0.39, 0.29) is 55.2 Å². The normalized spacial score (nSPS) is 17.5. The van der Waals surface area contributed by atoms with Crippen LogP contribution in [0.5, 0.6) is 0 Å². The second-order valence-electron chi connectivity index (χ2n) is 12.9. The summed E-state index contributed by atoms with van der Waals surface area (Å²) in [5, 5.41) is 14.7. The number of guanidine groups is 1. The van der Waals surface area contributed by atoms with Crippen LogP contribution in [-0.4, -0.2) is 83.6 Å². The van der Waals surface area contributed by atoms with E-state index >= 15 is 0 Å². The predicted molar refractivity (Wildman–Crippen MR) is 179 cm³/mol. The summed E-state index contributed by atoms with van der Waals surface area (Å²) < 4.78 is 80.4. The van der Waals surface area contributed by atoms with Crippen molar-refractivity contribution in [3.8, 4) is 0 Å². The molecule has 13 nitrogen and oxygen atoms in total. The third-order valence-corrected chi connectivity index (χ3v) is 9.08. The molecule has 2 aromatic rings. The molecule has 0 bridgehead atoms. The van der Waals surface area contributed by atoms with Gasteiger partial charge in [-0.15, -0.1) is 0 Å². The Bertz CT molecular complexity index is 1560. The van der Waals surface area contributed by atoms with Crippen LogP contribution >= 0.6 is 0 Å². The number of nitrogens with two attached hydrogens (primary N) is 2. The molecular formula is C33H43F6N9O4. The van der Waals surface area contributed by atoms with Gasteiger partial charge in [0.2, 0.25) is 17.6 Å². The van der Waals surface area contributed by atoms with Crippen molar-refractivity contribution in [1.29, 1.82) is 0 Å². The van der Waals surface area contributed by atoms with Crippen molar-refractivity contribution in [2.45, 2.75) is 82.2 Å². The molecule has 7 N–H and O–H groups in total. The Morgan fingerprint density at radius 3 is 2.21 bits per heavy atom. The number of nitrogens with one attached hydrogen (secondary N) is 2. The van der Waals surface area contributed by atoms with Gasteiger partial charge in [0.25, 0.3) is 0 Å². The number of carboxylic acid groups (broad SMARTS) is 1. The van der Waals surface area contributed by atoms with Gasteiger partial charge in [0.1, 0.15) is 17.7 Å². The van der Waals surface area contributed by atoms with Crippen molar-refractivity contribution in [1.82, 2.24) is 20.6 Å². The third kappa shape index (κ3) is 11.6. The van der Waals surface area contributed by atoms with Gasteiger partial charge in [-0.1, -0.05) is 12.1 Å². The zero-order valence-electron chi connectivity index (χ0n) is 28.3. The van der Waals surface area contributed by atoms with Gasteiger partial charge in [-0.2, -0.15) is 26.3 Å². The molecule has 2 aliphatic heterocycles. The highest BCUT2D eigenvalue weighted by molar-refractivity contribution is 5.86. The summed E-state index contributed by atoms with van der Waals surface area (Å²) in [5.41, 5.74) is 10.3. The number of rotatable bonds is 15. The van der Waals surface area contributed by atoms with Crippen molar-refractivity contribution in [3.05, 3.63) is 47.3 Å². The lowest BCUT2D eigenvalue weighted by molar-refractivity contribution is -0.145. The zero-order chi connectivity index (χ0) is 38.1. The minimum absolute atomic E-state index is 0.0106. The zero-order valence-corrected chi connectivity index (χ0v) is 28.3. The molecule has 4 rings (SSSR count). The number of anilines is 2. The number of alkyl halides is 6. The largest absolute Gasteiger partial charge is 0.480 e.